The van der Waals surface area contributed by atoms with E-state index in [0.29, 0.717) is 22.4 Å². The molecule has 1 fully saturated rings. The molecule has 0 radical (unpaired) electrons. The average Bonchev–Trinajstić information content (AvgIpc) is 3.06. The number of hydrogen-bond acceptors (Lipinski definition) is 5. The van der Waals surface area contributed by atoms with Gasteiger partial charge in [-0.25, -0.2) is 13.4 Å². The Balaban J connectivity index is 2.19. The number of benzene rings is 2. The predicted octanol–water partition coefficient (Wildman–Crippen LogP) is 4.48. The van der Waals surface area contributed by atoms with Crippen LogP contribution in [0.15, 0.2) is 36.4 Å². The highest BCUT2D eigenvalue weighted by atomic mass is 32.2. The van der Waals surface area contributed by atoms with E-state index in [1.165, 1.54) is 26.5 Å². The van der Waals surface area contributed by atoms with Crippen LogP contribution in [0.3, 0.4) is 0 Å². The molecule has 29 heavy (non-hydrogen) atoms. The van der Waals surface area contributed by atoms with E-state index < -0.39 is 17.0 Å². The van der Waals surface area contributed by atoms with Gasteiger partial charge in [0.15, 0.2) is 11.1 Å². The summed E-state index contributed by atoms with van der Waals surface area (Å²) in [4.78, 5) is 12.1. The van der Waals surface area contributed by atoms with E-state index in [9.17, 15) is 13.4 Å². The molecule has 1 saturated carbocycles. The molecule has 2 aromatic carbocycles. The van der Waals surface area contributed by atoms with Crippen molar-refractivity contribution in [2.24, 2.45) is 5.92 Å². The first-order valence-electron chi connectivity index (χ1n) is 9.42. The number of hydrogen-bond donors (Lipinski definition) is 0. The minimum Gasteiger partial charge on any atom is -0.497 e. The van der Waals surface area contributed by atoms with Crippen molar-refractivity contribution in [3.8, 4) is 16.9 Å². The van der Waals surface area contributed by atoms with Crippen LogP contribution in [0.1, 0.15) is 41.6 Å². The minimum absolute atomic E-state index is 0.135. The van der Waals surface area contributed by atoms with Crippen LogP contribution < -0.4 is 4.74 Å². The number of ether oxygens (including phenoxy) is 2. The maximum absolute atomic E-state index is 14.8. The third kappa shape index (κ3) is 4.51. The van der Waals surface area contributed by atoms with Crippen LogP contribution in [0.5, 0.6) is 5.75 Å². The van der Waals surface area contributed by atoms with Gasteiger partial charge in [-0.1, -0.05) is 13.0 Å². The van der Waals surface area contributed by atoms with E-state index in [2.05, 4.69) is 6.92 Å². The summed E-state index contributed by atoms with van der Waals surface area (Å²) in [7, 11) is 2.85. The molecule has 4 atom stereocenters. The van der Waals surface area contributed by atoms with Gasteiger partial charge in [-0.15, -0.1) is 0 Å². The number of rotatable bonds is 6. The van der Waals surface area contributed by atoms with Crippen molar-refractivity contribution in [2.75, 3.05) is 20.5 Å². The normalized spacial score (nSPS) is 22.3. The summed E-state index contributed by atoms with van der Waals surface area (Å²) in [6.07, 6.45) is 2.84. The Kier molecular flexibility index (Phi) is 6.70. The number of halogens is 1. The van der Waals surface area contributed by atoms with Crippen LogP contribution in [0.25, 0.3) is 11.1 Å². The monoisotopic (exact) mass is 420 g/mol. The Hall–Kier alpha value is -2.25. The Bertz CT molecular complexity index is 929. The number of methoxy groups -OCH3 is 2. The third-order valence-corrected chi connectivity index (χ3v) is 5.99. The van der Waals surface area contributed by atoms with E-state index in [-0.39, 0.29) is 23.8 Å². The van der Waals surface area contributed by atoms with Gasteiger partial charge in [-0.2, -0.15) is 0 Å². The van der Waals surface area contributed by atoms with Gasteiger partial charge in [0.25, 0.3) is 0 Å². The van der Waals surface area contributed by atoms with Gasteiger partial charge in [-0.05, 0) is 60.2 Å². The number of carbonyl (C=O) groups excluding carboxylic acids is 1. The van der Waals surface area contributed by atoms with E-state index in [1.807, 2.05) is 0 Å². The molecule has 5 nitrogen and oxygen atoms in total. The topological polar surface area (TPSA) is 61.8 Å². The van der Waals surface area contributed by atoms with Crippen LogP contribution in [0, 0.1) is 11.7 Å². The van der Waals surface area contributed by atoms with Gasteiger partial charge in [-0.3, -0.25) is 4.18 Å². The van der Waals surface area contributed by atoms with Crippen molar-refractivity contribution in [3.63, 3.8) is 0 Å². The summed E-state index contributed by atoms with van der Waals surface area (Å²) >= 11 is -1.43. The minimum atomic E-state index is -1.43. The predicted molar refractivity (Wildman–Crippen MR) is 110 cm³/mol. The fraction of sp³-hybridized carbons (Fsp3) is 0.409. The zero-order chi connectivity index (χ0) is 21.1. The molecule has 7 heteroatoms. The summed E-state index contributed by atoms with van der Waals surface area (Å²) in [5.41, 5.74) is 2.19. The zero-order valence-electron chi connectivity index (χ0n) is 16.9. The van der Waals surface area contributed by atoms with Crippen molar-refractivity contribution < 1.29 is 27.1 Å². The lowest BCUT2D eigenvalue weighted by Gasteiger charge is -2.26. The van der Waals surface area contributed by atoms with Gasteiger partial charge in [0.2, 0.25) is 0 Å². The maximum Gasteiger partial charge on any atom is 0.337 e. The average molecular weight is 421 g/mol. The van der Waals surface area contributed by atoms with Crippen molar-refractivity contribution in [2.45, 2.75) is 31.8 Å². The van der Waals surface area contributed by atoms with Crippen molar-refractivity contribution in [1.29, 1.82) is 0 Å². The van der Waals surface area contributed by atoms with Crippen LogP contribution in [-0.4, -0.2) is 36.8 Å². The Labute approximate surface area is 172 Å². The quantitative estimate of drug-likeness (QED) is 0.645. The smallest absolute Gasteiger partial charge is 0.337 e. The highest BCUT2D eigenvalue weighted by molar-refractivity contribution is 7.79. The summed E-state index contributed by atoms with van der Waals surface area (Å²) in [5, 5.41) is 0. The third-order valence-electron chi connectivity index (χ3n) is 5.47. The fourth-order valence-electron chi connectivity index (χ4n) is 4.11. The van der Waals surface area contributed by atoms with Gasteiger partial charge < -0.3 is 9.47 Å². The Morgan fingerprint density at radius 3 is 2.52 bits per heavy atom. The van der Waals surface area contributed by atoms with E-state index >= 15 is 0 Å². The molecule has 4 unspecified atom stereocenters. The Morgan fingerprint density at radius 1 is 1.10 bits per heavy atom. The molecule has 0 N–H and O–H groups in total. The molecule has 156 valence electrons. The molecule has 0 amide bonds. The van der Waals surface area contributed by atoms with E-state index in [1.54, 1.807) is 30.3 Å². The van der Waals surface area contributed by atoms with Gasteiger partial charge in [0, 0.05) is 17.7 Å². The van der Waals surface area contributed by atoms with Gasteiger partial charge >= 0.3 is 5.97 Å². The fourth-order valence-corrected chi connectivity index (χ4v) is 4.67. The largest absolute Gasteiger partial charge is 0.497 e. The second-order valence-corrected chi connectivity index (χ2v) is 8.25. The number of esters is 1. The second-order valence-electron chi connectivity index (χ2n) is 7.26. The molecule has 2 aromatic rings. The second kappa shape index (κ2) is 9.05. The van der Waals surface area contributed by atoms with E-state index in [4.69, 9.17) is 13.7 Å². The lowest BCUT2D eigenvalue weighted by Crippen LogP contribution is -2.21. The lowest BCUT2D eigenvalue weighted by molar-refractivity contribution is 0.0600. The highest BCUT2D eigenvalue weighted by Gasteiger charge is 2.38. The maximum atomic E-state index is 14.8. The first-order valence-corrected chi connectivity index (χ1v) is 10.9. The van der Waals surface area contributed by atoms with E-state index in [0.717, 1.165) is 18.4 Å². The molecule has 0 saturated heterocycles. The summed E-state index contributed by atoms with van der Waals surface area (Å²) in [5.74, 6) is -0.245. The standard InChI is InChI=1S/C22H25FO5S/c1-13-5-10-20(28-29(4)25)21(13)18-11-14(22(24)27-3)6-8-16(18)17-12-15(26-2)7-9-19(17)23/h6-9,11-13,20-21H,5,10H2,1-4H3. The molecule has 3 rings (SSSR count). The van der Waals surface area contributed by atoms with Crippen LogP contribution in [0.4, 0.5) is 4.39 Å². The zero-order valence-corrected chi connectivity index (χ0v) is 17.8. The van der Waals surface area contributed by atoms with Crippen molar-refractivity contribution in [1.82, 2.24) is 0 Å². The van der Waals surface area contributed by atoms with Gasteiger partial charge in [0.05, 0.1) is 25.9 Å². The molecule has 0 spiro atoms. The highest BCUT2D eigenvalue weighted by Crippen LogP contribution is 2.46. The molecule has 0 aliphatic heterocycles. The molecule has 1 aliphatic carbocycles. The first-order chi connectivity index (χ1) is 13.8. The molecule has 1 aliphatic rings. The molecule has 0 bridgehead atoms. The van der Waals surface area contributed by atoms with Crippen molar-refractivity contribution in [3.05, 3.63) is 53.3 Å². The molecular formula is C22H25FO5S. The first kappa shape index (κ1) is 21.5. The lowest BCUT2D eigenvalue weighted by atomic mass is 9.83. The molecular weight excluding hydrogens is 395 g/mol. The summed E-state index contributed by atoms with van der Waals surface area (Å²) in [6, 6.07) is 9.65. The van der Waals surface area contributed by atoms with Crippen molar-refractivity contribution >= 4 is 17.0 Å². The van der Waals surface area contributed by atoms with Crippen LogP contribution >= 0.6 is 0 Å². The number of carbonyl (C=O) groups is 1. The summed E-state index contributed by atoms with van der Waals surface area (Å²) < 4.78 is 42.3. The molecule has 0 heterocycles. The van der Waals surface area contributed by atoms with Crippen LogP contribution in [0.2, 0.25) is 0 Å². The summed E-state index contributed by atoms with van der Waals surface area (Å²) in [6.45, 7) is 2.09. The van der Waals surface area contributed by atoms with Crippen LogP contribution in [-0.2, 0) is 20.0 Å². The molecule has 0 aromatic heterocycles. The van der Waals surface area contributed by atoms with Gasteiger partial charge in [0.1, 0.15) is 11.6 Å². The Morgan fingerprint density at radius 2 is 1.86 bits per heavy atom. The SMILES string of the molecule is COC(=O)c1ccc(-c2cc(OC)ccc2F)c(C2C(C)CCC2OS(C)=O)c1.